The van der Waals surface area contributed by atoms with Gasteiger partial charge in [0.25, 0.3) is 11.8 Å². The minimum absolute atomic E-state index is 0.000114. The lowest BCUT2D eigenvalue weighted by Gasteiger charge is -2.49. The van der Waals surface area contributed by atoms with Gasteiger partial charge >= 0.3 is 11.9 Å². The number of aromatic nitrogens is 2. The number of carboxylic acids is 1. The number of carboxylic acid groups (broad SMARTS) is 1. The highest BCUT2D eigenvalue weighted by molar-refractivity contribution is 8.00. The van der Waals surface area contributed by atoms with Gasteiger partial charge in [0.1, 0.15) is 23.7 Å². The third kappa shape index (κ3) is 3.59. The standard InChI is InChI=1S/C16H17ClN4O6S/c1-3-20-4-9(17)10(19-20)13(23)18-11-14(24)21-12(16(25)26)8(5-27-7(2)22)6-28-15(11)21/h4,11,15H,3,5-6H2,1-2H3,(H,18,23)(H,25,26). The fourth-order valence-corrected chi connectivity index (χ4v) is 4.47. The first kappa shape index (κ1) is 20.2. The summed E-state index contributed by atoms with van der Waals surface area (Å²) in [6.45, 7) is 3.37. The van der Waals surface area contributed by atoms with Crippen LogP contribution >= 0.6 is 23.4 Å². The van der Waals surface area contributed by atoms with Gasteiger partial charge in [-0.05, 0) is 6.92 Å². The average molecular weight is 429 g/mol. The molecule has 2 unspecified atom stereocenters. The van der Waals surface area contributed by atoms with Crippen molar-refractivity contribution in [3.8, 4) is 0 Å². The van der Waals surface area contributed by atoms with E-state index in [4.69, 9.17) is 16.3 Å². The maximum absolute atomic E-state index is 12.5. The molecule has 1 saturated heterocycles. The average Bonchev–Trinajstić information content (AvgIpc) is 3.04. The van der Waals surface area contributed by atoms with Crippen LogP contribution in [0.4, 0.5) is 0 Å². The second-order valence-corrected chi connectivity index (χ2v) is 7.59. The van der Waals surface area contributed by atoms with Crippen LogP contribution < -0.4 is 5.32 Å². The molecule has 1 aromatic heterocycles. The van der Waals surface area contributed by atoms with Crippen LogP contribution in [0.2, 0.25) is 5.02 Å². The predicted octanol–water partition coefficient (Wildman–Crippen LogP) is 0.472. The Morgan fingerprint density at radius 1 is 1.46 bits per heavy atom. The number of thioether (sulfide) groups is 1. The van der Waals surface area contributed by atoms with E-state index < -0.39 is 35.2 Å². The summed E-state index contributed by atoms with van der Waals surface area (Å²) in [6, 6.07) is -0.898. The highest BCUT2D eigenvalue weighted by atomic mass is 35.5. The number of ether oxygens (including phenoxy) is 1. The Labute approximate surface area is 168 Å². The highest BCUT2D eigenvalue weighted by Crippen LogP contribution is 2.40. The van der Waals surface area contributed by atoms with Gasteiger partial charge in [0.15, 0.2) is 5.69 Å². The Hall–Kier alpha value is -2.53. The maximum Gasteiger partial charge on any atom is 0.352 e. The van der Waals surface area contributed by atoms with Gasteiger partial charge in [0, 0.05) is 31.0 Å². The summed E-state index contributed by atoms with van der Waals surface area (Å²) in [7, 11) is 0. The number of rotatable bonds is 6. The molecule has 12 heteroatoms. The quantitative estimate of drug-likeness (QED) is 0.494. The van der Waals surface area contributed by atoms with Crippen molar-refractivity contribution in [3.05, 3.63) is 28.2 Å². The van der Waals surface area contributed by atoms with Crippen LogP contribution in [-0.4, -0.2) is 67.3 Å². The normalized spacial score (nSPS) is 21.1. The van der Waals surface area contributed by atoms with Crippen molar-refractivity contribution in [1.29, 1.82) is 0 Å². The number of fused-ring (bicyclic) bond motifs is 1. The number of esters is 1. The van der Waals surface area contributed by atoms with E-state index in [1.807, 2.05) is 6.92 Å². The summed E-state index contributed by atoms with van der Waals surface area (Å²) in [6.07, 6.45) is 1.51. The van der Waals surface area contributed by atoms with Crippen molar-refractivity contribution < 1.29 is 29.0 Å². The van der Waals surface area contributed by atoms with Crippen LogP contribution in [0, 0.1) is 0 Å². The lowest BCUT2D eigenvalue weighted by Crippen LogP contribution is -2.70. The topological polar surface area (TPSA) is 131 Å². The number of aliphatic carboxylic acids is 1. The smallest absolute Gasteiger partial charge is 0.352 e. The Bertz CT molecular complexity index is 898. The second kappa shape index (κ2) is 7.84. The Balaban J connectivity index is 1.76. The van der Waals surface area contributed by atoms with E-state index in [-0.39, 0.29) is 28.8 Å². The molecule has 3 rings (SSSR count). The first-order valence-electron chi connectivity index (χ1n) is 8.31. The largest absolute Gasteiger partial charge is 0.477 e. The van der Waals surface area contributed by atoms with Crippen molar-refractivity contribution in [3.63, 3.8) is 0 Å². The van der Waals surface area contributed by atoms with Crippen LogP contribution in [0.5, 0.6) is 0 Å². The molecule has 3 heterocycles. The van der Waals surface area contributed by atoms with Crippen molar-refractivity contribution >= 4 is 47.1 Å². The summed E-state index contributed by atoms with van der Waals surface area (Å²) >= 11 is 7.29. The third-order valence-electron chi connectivity index (χ3n) is 4.24. The van der Waals surface area contributed by atoms with Gasteiger partial charge in [-0.1, -0.05) is 11.6 Å². The number of amides is 2. The second-order valence-electron chi connectivity index (χ2n) is 6.08. The fourth-order valence-electron chi connectivity index (χ4n) is 2.91. The van der Waals surface area contributed by atoms with E-state index in [1.165, 1.54) is 29.6 Å². The Morgan fingerprint density at radius 2 is 2.18 bits per heavy atom. The van der Waals surface area contributed by atoms with Gasteiger partial charge in [-0.15, -0.1) is 11.8 Å². The highest BCUT2D eigenvalue weighted by Gasteiger charge is 2.54. The molecule has 0 radical (unpaired) electrons. The van der Waals surface area contributed by atoms with E-state index in [2.05, 4.69) is 10.4 Å². The molecule has 0 aliphatic carbocycles. The van der Waals surface area contributed by atoms with Crippen LogP contribution in [0.15, 0.2) is 17.5 Å². The van der Waals surface area contributed by atoms with Gasteiger partial charge < -0.3 is 15.2 Å². The number of hydrogen-bond acceptors (Lipinski definition) is 7. The molecular weight excluding hydrogens is 412 g/mol. The summed E-state index contributed by atoms with van der Waals surface area (Å²) in [5, 5.41) is 15.7. The van der Waals surface area contributed by atoms with Crippen LogP contribution in [0.1, 0.15) is 24.3 Å². The van der Waals surface area contributed by atoms with E-state index in [9.17, 15) is 24.3 Å². The SMILES string of the molecule is CCn1cc(Cl)c(C(=O)NC2C(=O)N3C(C(=O)O)=C(COC(C)=O)CSC23)n1. The molecule has 0 spiro atoms. The van der Waals surface area contributed by atoms with Gasteiger partial charge in [0.2, 0.25) is 0 Å². The number of nitrogens with one attached hydrogen (secondary N) is 1. The molecule has 2 N–H and O–H groups in total. The molecule has 0 saturated carbocycles. The molecular formula is C16H17ClN4O6S. The number of carbonyl (C=O) groups is 4. The zero-order valence-corrected chi connectivity index (χ0v) is 16.5. The molecule has 1 fully saturated rings. The molecule has 0 bridgehead atoms. The molecule has 1 aromatic rings. The third-order valence-corrected chi connectivity index (χ3v) is 5.86. The minimum Gasteiger partial charge on any atom is -0.477 e. The molecule has 28 heavy (non-hydrogen) atoms. The molecule has 2 aliphatic rings. The van der Waals surface area contributed by atoms with E-state index >= 15 is 0 Å². The lowest BCUT2D eigenvalue weighted by atomic mass is 10.0. The lowest BCUT2D eigenvalue weighted by molar-refractivity contribution is -0.149. The van der Waals surface area contributed by atoms with Crippen LogP contribution in [0.3, 0.4) is 0 Å². The molecule has 150 valence electrons. The maximum atomic E-state index is 12.5. The van der Waals surface area contributed by atoms with Crippen molar-refractivity contribution in [2.24, 2.45) is 0 Å². The zero-order valence-electron chi connectivity index (χ0n) is 15.0. The molecule has 10 nitrogen and oxygen atoms in total. The van der Waals surface area contributed by atoms with Crippen molar-refractivity contribution in [1.82, 2.24) is 20.0 Å². The van der Waals surface area contributed by atoms with Gasteiger partial charge in [-0.2, -0.15) is 5.10 Å². The van der Waals surface area contributed by atoms with Gasteiger partial charge in [-0.25, -0.2) is 4.79 Å². The monoisotopic (exact) mass is 428 g/mol. The predicted molar refractivity (Wildman–Crippen MR) is 98.6 cm³/mol. The number of halogens is 1. The minimum atomic E-state index is -1.30. The first-order chi connectivity index (χ1) is 13.2. The van der Waals surface area contributed by atoms with Crippen LogP contribution in [0.25, 0.3) is 0 Å². The van der Waals surface area contributed by atoms with E-state index in [1.54, 1.807) is 0 Å². The fraction of sp³-hybridized carbons (Fsp3) is 0.438. The number of hydrogen-bond donors (Lipinski definition) is 2. The number of nitrogens with zero attached hydrogens (tertiary/aromatic N) is 3. The summed E-state index contributed by atoms with van der Waals surface area (Å²) in [5.41, 5.74) is 0.112. The van der Waals surface area contributed by atoms with E-state index in [0.717, 1.165) is 4.90 Å². The van der Waals surface area contributed by atoms with Crippen molar-refractivity contribution in [2.45, 2.75) is 31.8 Å². The molecule has 2 atom stereocenters. The van der Waals surface area contributed by atoms with Gasteiger partial charge in [0.05, 0.1) is 5.02 Å². The van der Waals surface area contributed by atoms with Crippen LogP contribution in [-0.2, 0) is 25.7 Å². The molecule has 2 aliphatic heterocycles. The first-order valence-corrected chi connectivity index (χ1v) is 9.74. The number of aryl methyl sites for hydroxylation is 1. The summed E-state index contributed by atoms with van der Waals surface area (Å²) in [4.78, 5) is 48.7. The number of carbonyl (C=O) groups excluding carboxylic acids is 3. The zero-order chi connectivity index (χ0) is 20.6. The molecule has 0 aromatic carbocycles. The van der Waals surface area contributed by atoms with Gasteiger partial charge in [-0.3, -0.25) is 24.0 Å². The van der Waals surface area contributed by atoms with E-state index in [0.29, 0.717) is 12.1 Å². The summed E-state index contributed by atoms with van der Waals surface area (Å²) in [5.74, 6) is -2.76. The number of β-lactam (4-membered cyclic amide) rings is 1. The Morgan fingerprint density at radius 3 is 2.75 bits per heavy atom. The summed E-state index contributed by atoms with van der Waals surface area (Å²) < 4.78 is 6.37. The Kier molecular flexibility index (Phi) is 5.66. The van der Waals surface area contributed by atoms with Crippen molar-refractivity contribution in [2.75, 3.05) is 12.4 Å². The molecule has 2 amide bonds.